The molecule has 1 aliphatic rings. The first kappa shape index (κ1) is 17.3. The van der Waals surface area contributed by atoms with Crippen LogP contribution in [-0.4, -0.2) is 73.2 Å². The van der Waals surface area contributed by atoms with Gasteiger partial charge in [0.15, 0.2) is 0 Å². The van der Waals surface area contributed by atoms with E-state index in [1.165, 1.54) is 4.90 Å². The summed E-state index contributed by atoms with van der Waals surface area (Å²) in [6.07, 6.45) is 1.87. The molecule has 0 saturated carbocycles. The summed E-state index contributed by atoms with van der Waals surface area (Å²) in [5.74, 6) is 0.640. The molecule has 7 heteroatoms. The first-order chi connectivity index (χ1) is 12.1. The number of hydrogen-bond donors (Lipinski definition) is 0. The molecule has 25 heavy (non-hydrogen) atoms. The molecule has 134 valence electrons. The quantitative estimate of drug-likeness (QED) is 0.810. The molecule has 0 aliphatic carbocycles. The van der Waals surface area contributed by atoms with Gasteiger partial charge in [0.05, 0.1) is 26.9 Å². The molecule has 3 rings (SSSR count). The van der Waals surface area contributed by atoms with Gasteiger partial charge in [-0.3, -0.25) is 9.59 Å². The third kappa shape index (κ3) is 3.93. The monoisotopic (exact) mass is 345 g/mol. The van der Waals surface area contributed by atoms with Crippen molar-refractivity contribution in [3.05, 3.63) is 30.5 Å². The summed E-state index contributed by atoms with van der Waals surface area (Å²) < 4.78 is 12.3. The predicted molar refractivity (Wildman–Crippen MR) is 93.5 cm³/mol. The summed E-state index contributed by atoms with van der Waals surface area (Å²) in [7, 11) is 3.29. The lowest BCUT2D eigenvalue weighted by atomic mass is 10.2. The Morgan fingerprint density at radius 2 is 2.00 bits per heavy atom. The van der Waals surface area contributed by atoms with E-state index < -0.39 is 0 Å². The van der Waals surface area contributed by atoms with Crippen molar-refractivity contribution in [3.63, 3.8) is 0 Å². The smallest absolute Gasteiger partial charge is 0.242 e. The molecule has 7 nitrogen and oxygen atoms in total. The molecule has 2 amide bonds. The highest BCUT2D eigenvalue weighted by Crippen LogP contribution is 2.21. The van der Waals surface area contributed by atoms with Crippen LogP contribution in [0.4, 0.5) is 0 Å². The van der Waals surface area contributed by atoms with Crippen LogP contribution < -0.4 is 4.74 Å². The standard InChI is InChI=1S/C18H23N3O4/c1-19(12-18(23)20-7-9-25-10-8-20)17(22)13-21-6-5-14-11-15(24-2)3-4-16(14)21/h3-6,11H,7-10,12-13H2,1-2H3. The molecule has 1 aliphatic heterocycles. The van der Waals surface area contributed by atoms with Crippen molar-refractivity contribution in [2.45, 2.75) is 6.54 Å². The van der Waals surface area contributed by atoms with E-state index in [9.17, 15) is 9.59 Å². The average Bonchev–Trinajstić information content (AvgIpc) is 3.04. The Hall–Kier alpha value is -2.54. The Balaban J connectivity index is 1.62. The van der Waals surface area contributed by atoms with Crippen LogP contribution in [0.15, 0.2) is 30.5 Å². The summed E-state index contributed by atoms with van der Waals surface area (Å²) in [6, 6.07) is 7.68. The second-order valence-corrected chi connectivity index (χ2v) is 6.11. The van der Waals surface area contributed by atoms with Crippen molar-refractivity contribution in [1.82, 2.24) is 14.4 Å². The number of fused-ring (bicyclic) bond motifs is 1. The molecule has 0 radical (unpaired) electrons. The summed E-state index contributed by atoms with van der Waals surface area (Å²) in [4.78, 5) is 28.0. The van der Waals surface area contributed by atoms with E-state index >= 15 is 0 Å². The Morgan fingerprint density at radius 3 is 2.72 bits per heavy atom. The van der Waals surface area contributed by atoms with Crippen molar-refractivity contribution in [1.29, 1.82) is 0 Å². The predicted octanol–water partition coefficient (Wildman–Crippen LogP) is 0.967. The summed E-state index contributed by atoms with van der Waals surface area (Å²) in [5, 5.41) is 1.01. The normalized spacial score (nSPS) is 14.6. The molecule has 0 N–H and O–H groups in total. The number of aromatic nitrogens is 1. The SMILES string of the molecule is COc1ccc2c(ccn2CC(=O)N(C)CC(=O)N2CCOCC2)c1. The van der Waals surface area contributed by atoms with Crippen molar-refractivity contribution < 1.29 is 19.1 Å². The van der Waals surface area contributed by atoms with Gasteiger partial charge < -0.3 is 23.8 Å². The lowest BCUT2D eigenvalue weighted by Gasteiger charge is -2.28. The zero-order valence-electron chi connectivity index (χ0n) is 14.6. The van der Waals surface area contributed by atoms with Crippen LogP contribution in [0.1, 0.15) is 0 Å². The molecule has 2 aromatic rings. The highest BCUT2D eigenvalue weighted by Gasteiger charge is 2.20. The summed E-state index contributed by atoms with van der Waals surface area (Å²) in [6.45, 7) is 2.58. The van der Waals surface area contributed by atoms with Gasteiger partial charge in [-0.25, -0.2) is 0 Å². The molecular weight excluding hydrogens is 322 g/mol. The van der Waals surface area contributed by atoms with Gasteiger partial charge in [0.1, 0.15) is 12.3 Å². The molecule has 1 aromatic carbocycles. The third-order valence-corrected chi connectivity index (χ3v) is 4.45. The zero-order valence-corrected chi connectivity index (χ0v) is 14.6. The number of carbonyl (C=O) groups is 2. The number of morpholine rings is 1. The Labute approximate surface area is 146 Å². The second kappa shape index (κ2) is 7.57. The minimum atomic E-state index is -0.102. The Morgan fingerprint density at radius 1 is 1.24 bits per heavy atom. The van der Waals surface area contributed by atoms with Gasteiger partial charge in [0.2, 0.25) is 11.8 Å². The van der Waals surface area contributed by atoms with Crippen LogP contribution in [0.3, 0.4) is 0 Å². The topological polar surface area (TPSA) is 64.0 Å². The molecule has 0 spiro atoms. The maximum Gasteiger partial charge on any atom is 0.242 e. The van der Waals surface area contributed by atoms with Crippen LogP contribution >= 0.6 is 0 Å². The fourth-order valence-electron chi connectivity index (χ4n) is 2.91. The number of methoxy groups -OCH3 is 1. The summed E-state index contributed by atoms with van der Waals surface area (Å²) >= 11 is 0. The minimum Gasteiger partial charge on any atom is -0.497 e. The lowest BCUT2D eigenvalue weighted by molar-refractivity contribution is -0.142. The fraction of sp³-hybridized carbons (Fsp3) is 0.444. The highest BCUT2D eigenvalue weighted by atomic mass is 16.5. The van der Waals surface area contributed by atoms with Gasteiger partial charge in [-0.15, -0.1) is 0 Å². The van der Waals surface area contributed by atoms with E-state index in [2.05, 4.69) is 0 Å². The Bertz CT molecular complexity index is 765. The number of ether oxygens (including phenoxy) is 2. The third-order valence-electron chi connectivity index (χ3n) is 4.45. The molecule has 1 saturated heterocycles. The number of likely N-dealkylation sites (N-methyl/N-ethyl adjacent to an activating group) is 1. The lowest BCUT2D eigenvalue weighted by Crippen LogP contribution is -2.46. The second-order valence-electron chi connectivity index (χ2n) is 6.11. The highest BCUT2D eigenvalue weighted by molar-refractivity contribution is 5.87. The number of rotatable bonds is 5. The maximum absolute atomic E-state index is 12.5. The fourth-order valence-corrected chi connectivity index (χ4v) is 2.91. The average molecular weight is 345 g/mol. The van der Waals surface area contributed by atoms with Crippen LogP contribution in [0.2, 0.25) is 0 Å². The largest absolute Gasteiger partial charge is 0.497 e. The van der Waals surface area contributed by atoms with Crippen molar-refractivity contribution >= 4 is 22.7 Å². The molecule has 0 bridgehead atoms. The molecule has 0 unspecified atom stereocenters. The maximum atomic E-state index is 12.5. The van der Waals surface area contributed by atoms with Crippen LogP contribution in [0.25, 0.3) is 10.9 Å². The van der Waals surface area contributed by atoms with Crippen molar-refractivity contribution in [3.8, 4) is 5.75 Å². The van der Waals surface area contributed by atoms with E-state index in [0.29, 0.717) is 26.3 Å². The number of hydrogen-bond acceptors (Lipinski definition) is 4. The summed E-state index contributed by atoms with van der Waals surface area (Å²) in [5.41, 5.74) is 0.960. The van der Waals surface area contributed by atoms with E-state index in [0.717, 1.165) is 16.7 Å². The molecular formula is C18H23N3O4. The molecule has 2 heterocycles. The van der Waals surface area contributed by atoms with Gasteiger partial charge in [-0.05, 0) is 24.3 Å². The van der Waals surface area contributed by atoms with E-state index in [1.807, 2.05) is 35.0 Å². The van der Waals surface area contributed by atoms with E-state index in [-0.39, 0.29) is 24.9 Å². The molecule has 1 aromatic heterocycles. The van der Waals surface area contributed by atoms with Gasteiger partial charge in [0.25, 0.3) is 0 Å². The Kier molecular flexibility index (Phi) is 5.23. The van der Waals surface area contributed by atoms with Gasteiger partial charge in [-0.1, -0.05) is 0 Å². The number of benzene rings is 1. The first-order valence-corrected chi connectivity index (χ1v) is 8.31. The van der Waals surface area contributed by atoms with Crippen molar-refractivity contribution in [2.24, 2.45) is 0 Å². The molecule has 1 fully saturated rings. The van der Waals surface area contributed by atoms with Crippen molar-refractivity contribution in [2.75, 3.05) is 47.0 Å². The van der Waals surface area contributed by atoms with Gasteiger partial charge >= 0.3 is 0 Å². The van der Waals surface area contributed by atoms with Gasteiger partial charge in [-0.2, -0.15) is 0 Å². The first-order valence-electron chi connectivity index (χ1n) is 8.31. The van der Waals surface area contributed by atoms with E-state index in [1.54, 1.807) is 19.1 Å². The van der Waals surface area contributed by atoms with Gasteiger partial charge in [0, 0.05) is 37.2 Å². The number of nitrogens with zero attached hydrogens (tertiary/aromatic N) is 3. The van der Waals surface area contributed by atoms with E-state index in [4.69, 9.17) is 9.47 Å². The number of carbonyl (C=O) groups excluding carboxylic acids is 2. The zero-order chi connectivity index (χ0) is 17.8. The van der Waals surface area contributed by atoms with Crippen LogP contribution in [0.5, 0.6) is 5.75 Å². The molecule has 0 atom stereocenters. The minimum absolute atomic E-state index is 0.0405. The van der Waals surface area contributed by atoms with Crippen LogP contribution in [-0.2, 0) is 20.9 Å². The van der Waals surface area contributed by atoms with Crippen LogP contribution in [0, 0.1) is 0 Å². The number of amides is 2.